The van der Waals surface area contributed by atoms with Gasteiger partial charge in [0.2, 0.25) is 5.91 Å². The summed E-state index contributed by atoms with van der Waals surface area (Å²) in [6, 6.07) is 14.0. The van der Waals surface area contributed by atoms with Crippen molar-refractivity contribution >= 4 is 34.8 Å². The molecule has 0 atom stereocenters. The fraction of sp³-hybridized carbons (Fsp3) is 0.211. The van der Waals surface area contributed by atoms with Crippen molar-refractivity contribution in [2.24, 2.45) is 11.0 Å². The molecule has 0 bridgehead atoms. The third-order valence-electron chi connectivity index (χ3n) is 3.93. The molecule has 2 aromatic rings. The van der Waals surface area contributed by atoms with Gasteiger partial charge in [0.05, 0.1) is 5.71 Å². The number of hydrazone groups is 1. The number of nitrogens with one attached hydrogen (secondary N) is 2. The molecular formula is C19H18ClN3O2. The first kappa shape index (κ1) is 17.2. The first-order valence-electron chi connectivity index (χ1n) is 8.04. The molecule has 0 heterocycles. The van der Waals surface area contributed by atoms with E-state index < -0.39 is 0 Å². The number of nitrogens with zero attached hydrogens (tertiary/aromatic N) is 1. The number of amides is 2. The number of carbonyl (C=O) groups is 2. The van der Waals surface area contributed by atoms with Crippen LogP contribution in [-0.4, -0.2) is 17.5 Å². The number of halogens is 1. The number of hydrogen-bond acceptors (Lipinski definition) is 3. The van der Waals surface area contributed by atoms with Crippen molar-refractivity contribution in [1.29, 1.82) is 0 Å². The first-order valence-corrected chi connectivity index (χ1v) is 8.42. The molecule has 0 aliphatic heterocycles. The maximum Gasteiger partial charge on any atom is 0.271 e. The Labute approximate surface area is 151 Å². The summed E-state index contributed by atoms with van der Waals surface area (Å²) >= 11 is 5.88. The molecule has 1 fully saturated rings. The van der Waals surface area contributed by atoms with Crippen LogP contribution in [0.5, 0.6) is 0 Å². The number of rotatable bonds is 5. The average Bonchev–Trinajstić information content (AvgIpc) is 3.45. The minimum absolute atomic E-state index is 0.0759. The van der Waals surface area contributed by atoms with E-state index >= 15 is 0 Å². The highest BCUT2D eigenvalue weighted by atomic mass is 35.5. The molecule has 1 aliphatic carbocycles. The van der Waals surface area contributed by atoms with Gasteiger partial charge in [0.25, 0.3) is 5.91 Å². The highest BCUT2D eigenvalue weighted by Gasteiger charge is 2.29. The van der Waals surface area contributed by atoms with Crippen LogP contribution in [-0.2, 0) is 4.79 Å². The van der Waals surface area contributed by atoms with Crippen LogP contribution in [0.2, 0.25) is 5.02 Å². The summed E-state index contributed by atoms with van der Waals surface area (Å²) in [6.45, 7) is 1.80. The van der Waals surface area contributed by atoms with Crippen molar-refractivity contribution in [3.05, 3.63) is 64.7 Å². The second kappa shape index (κ2) is 7.49. The van der Waals surface area contributed by atoms with Crippen LogP contribution in [0.15, 0.2) is 53.6 Å². The van der Waals surface area contributed by atoms with Crippen molar-refractivity contribution in [1.82, 2.24) is 5.43 Å². The molecule has 25 heavy (non-hydrogen) atoms. The maximum absolute atomic E-state index is 12.1. The third-order valence-corrected chi connectivity index (χ3v) is 4.17. The Kier molecular flexibility index (Phi) is 5.14. The molecule has 0 spiro atoms. The molecule has 1 saturated carbocycles. The van der Waals surface area contributed by atoms with Crippen LogP contribution in [0, 0.1) is 5.92 Å². The molecule has 0 radical (unpaired) electrons. The fourth-order valence-corrected chi connectivity index (χ4v) is 2.47. The minimum Gasteiger partial charge on any atom is -0.326 e. The predicted octanol–water partition coefficient (Wildman–Crippen LogP) is 3.84. The number of hydrogen-bond donors (Lipinski definition) is 2. The standard InChI is InChI=1S/C19H18ClN3O2/c1-12(22-23-19(25)15-3-2-4-16(20)11-15)13-7-9-17(10-8-13)21-18(24)14-5-6-14/h2-4,7-11,14H,5-6H2,1H3,(H,21,24)(H,23,25). The lowest BCUT2D eigenvalue weighted by molar-refractivity contribution is -0.117. The predicted molar refractivity (Wildman–Crippen MR) is 98.9 cm³/mol. The number of carbonyl (C=O) groups excluding carboxylic acids is 2. The normalized spacial score (nSPS) is 14.1. The van der Waals surface area contributed by atoms with Crippen LogP contribution in [0.25, 0.3) is 0 Å². The summed E-state index contributed by atoms with van der Waals surface area (Å²) in [7, 11) is 0. The zero-order valence-corrected chi connectivity index (χ0v) is 14.5. The van der Waals surface area contributed by atoms with Crippen molar-refractivity contribution < 1.29 is 9.59 Å². The fourth-order valence-electron chi connectivity index (χ4n) is 2.28. The van der Waals surface area contributed by atoms with Gasteiger partial charge >= 0.3 is 0 Å². The molecule has 0 saturated heterocycles. The molecule has 5 nitrogen and oxygen atoms in total. The van der Waals surface area contributed by atoms with E-state index in [1.54, 1.807) is 31.2 Å². The average molecular weight is 356 g/mol. The van der Waals surface area contributed by atoms with Crippen molar-refractivity contribution in [3.63, 3.8) is 0 Å². The molecule has 2 aromatic carbocycles. The van der Waals surface area contributed by atoms with Gasteiger partial charge in [0.1, 0.15) is 0 Å². The van der Waals surface area contributed by atoms with E-state index in [2.05, 4.69) is 15.8 Å². The smallest absolute Gasteiger partial charge is 0.271 e. The monoisotopic (exact) mass is 355 g/mol. The first-order chi connectivity index (χ1) is 12.0. The van der Waals surface area contributed by atoms with Gasteiger partial charge in [0.15, 0.2) is 0 Å². The Morgan fingerprint density at radius 2 is 1.80 bits per heavy atom. The lowest BCUT2D eigenvalue weighted by Crippen LogP contribution is -2.19. The Hall–Kier alpha value is -2.66. The molecule has 1 aliphatic rings. The van der Waals surface area contributed by atoms with Crippen molar-refractivity contribution in [3.8, 4) is 0 Å². The molecule has 6 heteroatoms. The summed E-state index contributed by atoms with van der Waals surface area (Å²) in [5.74, 6) is -0.0771. The van der Waals surface area contributed by atoms with E-state index in [-0.39, 0.29) is 17.7 Å². The Morgan fingerprint density at radius 3 is 2.44 bits per heavy atom. The van der Waals surface area contributed by atoms with Crippen molar-refractivity contribution in [2.75, 3.05) is 5.32 Å². The number of anilines is 1. The van der Waals surface area contributed by atoms with E-state index in [0.717, 1.165) is 24.1 Å². The van der Waals surface area contributed by atoms with Gasteiger partial charge < -0.3 is 5.32 Å². The third kappa shape index (κ3) is 4.67. The Bertz CT molecular complexity index is 827. The van der Waals surface area contributed by atoms with Gasteiger partial charge in [-0.15, -0.1) is 0 Å². The molecule has 2 N–H and O–H groups in total. The lowest BCUT2D eigenvalue weighted by atomic mass is 10.1. The SMILES string of the molecule is CC(=NNC(=O)c1cccc(Cl)c1)c1ccc(NC(=O)C2CC2)cc1. The van der Waals surface area contributed by atoms with E-state index in [1.807, 2.05) is 24.3 Å². The number of benzene rings is 2. The molecule has 0 unspecified atom stereocenters. The Balaban J connectivity index is 1.61. The van der Waals surface area contributed by atoms with E-state index in [1.165, 1.54) is 0 Å². The van der Waals surface area contributed by atoms with E-state index in [4.69, 9.17) is 11.6 Å². The van der Waals surface area contributed by atoms with Gasteiger partial charge in [-0.25, -0.2) is 5.43 Å². The summed E-state index contributed by atoms with van der Waals surface area (Å²) in [5, 5.41) is 7.50. The zero-order chi connectivity index (χ0) is 17.8. The maximum atomic E-state index is 12.1. The molecule has 0 aromatic heterocycles. The topological polar surface area (TPSA) is 70.6 Å². The molecular weight excluding hydrogens is 338 g/mol. The van der Waals surface area contributed by atoms with Crippen molar-refractivity contribution in [2.45, 2.75) is 19.8 Å². The molecule has 3 rings (SSSR count). The largest absolute Gasteiger partial charge is 0.326 e. The second-order valence-corrected chi connectivity index (χ2v) is 6.43. The minimum atomic E-state index is -0.324. The van der Waals surface area contributed by atoms with Gasteiger partial charge in [-0.3, -0.25) is 9.59 Å². The van der Waals surface area contributed by atoms with Gasteiger partial charge in [0, 0.05) is 22.2 Å². The van der Waals surface area contributed by atoms with Crippen LogP contribution in [0.1, 0.15) is 35.7 Å². The van der Waals surface area contributed by atoms with E-state index in [0.29, 0.717) is 16.3 Å². The van der Waals surface area contributed by atoms with Crippen LogP contribution in [0.3, 0.4) is 0 Å². The van der Waals surface area contributed by atoms with Gasteiger partial charge in [-0.05, 0) is 55.7 Å². The van der Waals surface area contributed by atoms with Gasteiger partial charge in [-0.2, -0.15) is 5.10 Å². The molecule has 2 amide bonds. The summed E-state index contributed by atoms with van der Waals surface area (Å²) < 4.78 is 0. The highest BCUT2D eigenvalue weighted by Crippen LogP contribution is 2.30. The lowest BCUT2D eigenvalue weighted by Gasteiger charge is -2.06. The second-order valence-electron chi connectivity index (χ2n) is 5.99. The molecule has 128 valence electrons. The zero-order valence-electron chi connectivity index (χ0n) is 13.8. The summed E-state index contributed by atoms with van der Waals surface area (Å²) in [4.78, 5) is 23.8. The van der Waals surface area contributed by atoms with Crippen LogP contribution in [0.4, 0.5) is 5.69 Å². The van der Waals surface area contributed by atoms with E-state index in [9.17, 15) is 9.59 Å². The summed E-state index contributed by atoms with van der Waals surface area (Å²) in [6.07, 6.45) is 1.95. The summed E-state index contributed by atoms with van der Waals surface area (Å²) in [5.41, 5.74) is 5.24. The quantitative estimate of drug-likeness (QED) is 0.631. The Morgan fingerprint density at radius 1 is 1.08 bits per heavy atom. The van der Waals surface area contributed by atoms with Crippen LogP contribution < -0.4 is 10.7 Å². The highest BCUT2D eigenvalue weighted by molar-refractivity contribution is 6.30. The van der Waals surface area contributed by atoms with Crippen LogP contribution >= 0.6 is 11.6 Å². The van der Waals surface area contributed by atoms with Gasteiger partial charge in [-0.1, -0.05) is 29.8 Å².